The van der Waals surface area contributed by atoms with Gasteiger partial charge in [0.15, 0.2) is 6.29 Å². The predicted molar refractivity (Wildman–Crippen MR) is 60.3 cm³/mol. The van der Waals surface area contributed by atoms with E-state index < -0.39 is 11.8 Å². The molecule has 0 aromatic heterocycles. The number of hydrogen-bond acceptors (Lipinski definition) is 4. The fourth-order valence-electron chi connectivity index (χ4n) is 1.13. The Morgan fingerprint density at radius 1 is 1.29 bits per heavy atom. The van der Waals surface area contributed by atoms with Crippen LogP contribution in [0.5, 0.6) is 0 Å². The topological polar surface area (TPSA) is 60.4 Å². The van der Waals surface area contributed by atoms with Gasteiger partial charge >= 0.3 is 5.97 Å². The van der Waals surface area contributed by atoms with Gasteiger partial charge in [0.2, 0.25) is 0 Å². The van der Waals surface area contributed by atoms with Gasteiger partial charge in [-0.3, -0.25) is 9.59 Å². The zero-order chi connectivity index (χ0) is 12.7. The molecule has 4 heteroatoms. The van der Waals surface area contributed by atoms with Crippen LogP contribution in [0.2, 0.25) is 0 Å². The Balaban J connectivity index is 2.84. The van der Waals surface area contributed by atoms with Crippen LogP contribution in [0.25, 0.3) is 0 Å². The smallest absolute Gasteiger partial charge is 0.379 e. The van der Waals surface area contributed by atoms with Crippen molar-refractivity contribution in [2.24, 2.45) is 0 Å². The van der Waals surface area contributed by atoms with Crippen molar-refractivity contribution in [1.29, 1.82) is 0 Å². The molecule has 0 aliphatic rings. The lowest BCUT2D eigenvalue weighted by atomic mass is 10.1. The van der Waals surface area contributed by atoms with Crippen molar-refractivity contribution in [3.63, 3.8) is 0 Å². The number of rotatable bonds is 3. The van der Waals surface area contributed by atoms with Gasteiger partial charge in [-0.25, -0.2) is 4.79 Å². The monoisotopic (exact) mass is 230 g/mol. The molecule has 0 N–H and O–H groups in total. The molecule has 0 saturated carbocycles. The lowest BCUT2D eigenvalue weighted by Gasteiger charge is -2.00. The Morgan fingerprint density at radius 3 is 2.47 bits per heavy atom. The summed E-state index contributed by atoms with van der Waals surface area (Å²) in [6.45, 7) is 1.79. The minimum atomic E-state index is -0.876. The van der Waals surface area contributed by atoms with E-state index in [0.717, 1.165) is 0 Å². The van der Waals surface area contributed by atoms with Gasteiger partial charge in [0, 0.05) is 11.1 Å². The molecule has 0 aliphatic carbocycles. The first-order valence-electron chi connectivity index (χ1n) is 4.95. The third-order valence-corrected chi connectivity index (χ3v) is 1.88. The van der Waals surface area contributed by atoms with Crippen LogP contribution in [-0.4, -0.2) is 24.6 Å². The van der Waals surface area contributed by atoms with E-state index in [1.807, 2.05) is 0 Å². The average molecular weight is 230 g/mol. The Hall–Kier alpha value is -2.41. The summed E-state index contributed by atoms with van der Waals surface area (Å²) in [5, 5.41) is 0. The van der Waals surface area contributed by atoms with Gasteiger partial charge in [0.1, 0.15) is 0 Å². The first-order valence-corrected chi connectivity index (χ1v) is 4.95. The van der Waals surface area contributed by atoms with Gasteiger partial charge in [0.25, 0.3) is 5.78 Å². The summed E-state index contributed by atoms with van der Waals surface area (Å²) in [5.74, 6) is 3.25. The Labute approximate surface area is 98.6 Å². The summed E-state index contributed by atoms with van der Waals surface area (Å²) in [5.41, 5.74) is 0.831. The molecule has 0 saturated heterocycles. The molecular formula is C13H10O4. The van der Waals surface area contributed by atoms with E-state index in [9.17, 15) is 14.4 Å². The number of carbonyl (C=O) groups is 3. The molecule has 4 nitrogen and oxygen atoms in total. The van der Waals surface area contributed by atoms with Crippen molar-refractivity contribution in [3.05, 3.63) is 35.4 Å². The normalized spacial score (nSPS) is 8.76. The van der Waals surface area contributed by atoms with Crippen molar-refractivity contribution >= 4 is 18.0 Å². The fraction of sp³-hybridized carbons (Fsp3) is 0.154. The molecule has 0 unspecified atom stereocenters. The van der Waals surface area contributed by atoms with Crippen LogP contribution >= 0.6 is 0 Å². The van der Waals surface area contributed by atoms with Crippen molar-refractivity contribution in [2.75, 3.05) is 6.61 Å². The third kappa shape index (κ3) is 3.58. The van der Waals surface area contributed by atoms with Gasteiger partial charge in [-0.15, -0.1) is 0 Å². The van der Waals surface area contributed by atoms with Crippen molar-refractivity contribution in [3.8, 4) is 11.8 Å². The average Bonchev–Trinajstić information content (AvgIpc) is 2.36. The third-order valence-electron chi connectivity index (χ3n) is 1.88. The van der Waals surface area contributed by atoms with Crippen LogP contribution in [0.15, 0.2) is 24.3 Å². The molecule has 1 rings (SSSR count). The maximum atomic E-state index is 11.5. The van der Waals surface area contributed by atoms with Gasteiger partial charge < -0.3 is 4.74 Å². The Kier molecular flexibility index (Phi) is 4.64. The molecule has 86 valence electrons. The maximum absolute atomic E-state index is 11.5. The SMILES string of the molecule is CCOC(=O)C(=O)c1ccc(C#CC=O)cc1. The van der Waals surface area contributed by atoms with Crippen LogP contribution in [0, 0.1) is 11.8 Å². The molecule has 1 aromatic carbocycles. The second kappa shape index (κ2) is 6.23. The highest BCUT2D eigenvalue weighted by atomic mass is 16.5. The lowest BCUT2D eigenvalue weighted by Crippen LogP contribution is -2.17. The number of esters is 1. The number of benzene rings is 1. The van der Waals surface area contributed by atoms with Crippen LogP contribution in [0.1, 0.15) is 22.8 Å². The second-order valence-electron chi connectivity index (χ2n) is 3.01. The summed E-state index contributed by atoms with van der Waals surface area (Å²) >= 11 is 0. The number of aldehydes is 1. The minimum Gasteiger partial charge on any atom is -0.460 e. The Morgan fingerprint density at radius 2 is 1.94 bits per heavy atom. The number of hydrogen-bond donors (Lipinski definition) is 0. The van der Waals surface area contributed by atoms with Gasteiger partial charge in [0.05, 0.1) is 6.61 Å². The number of Topliss-reactive ketones (excluding diaryl/α,β-unsaturated/α-hetero) is 1. The van der Waals surface area contributed by atoms with Crippen LogP contribution in [0.3, 0.4) is 0 Å². The maximum Gasteiger partial charge on any atom is 0.379 e. The molecule has 0 bridgehead atoms. The van der Waals surface area contributed by atoms with Crippen molar-refractivity contribution in [2.45, 2.75) is 6.92 Å². The van der Waals surface area contributed by atoms with Crippen LogP contribution < -0.4 is 0 Å². The standard InChI is InChI=1S/C13H10O4/c1-2-17-13(16)12(15)11-7-5-10(6-8-11)4-3-9-14/h5-9H,2H2,1H3. The van der Waals surface area contributed by atoms with E-state index in [0.29, 0.717) is 11.8 Å². The first-order chi connectivity index (χ1) is 8.19. The van der Waals surface area contributed by atoms with Gasteiger partial charge in [-0.2, -0.15) is 0 Å². The molecule has 0 radical (unpaired) electrons. The van der Waals surface area contributed by atoms with Gasteiger partial charge in [-0.05, 0) is 37.1 Å². The minimum absolute atomic E-state index is 0.160. The predicted octanol–water partition coefficient (Wildman–Crippen LogP) is 0.983. The highest BCUT2D eigenvalue weighted by Crippen LogP contribution is 2.05. The largest absolute Gasteiger partial charge is 0.460 e. The van der Waals surface area contributed by atoms with Crippen LogP contribution in [0.4, 0.5) is 0 Å². The van der Waals surface area contributed by atoms with E-state index in [4.69, 9.17) is 0 Å². The molecule has 0 aliphatic heterocycles. The van der Waals surface area contributed by atoms with Crippen LogP contribution in [-0.2, 0) is 14.3 Å². The fourth-order valence-corrected chi connectivity index (χ4v) is 1.13. The molecule has 0 amide bonds. The lowest BCUT2D eigenvalue weighted by molar-refractivity contribution is -0.137. The summed E-state index contributed by atoms with van der Waals surface area (Å²) < 4.78 is 4.59. The highest BCUT2D eigenvalue weighted by Gasteiger charge is 2.16. The number of ether oxygens (including phenoxy) is 1. The summed E-state index contributed by atoms with van der Waals surface area (Å²) in [6, 6.07) is 6.05. The van der Waals surface area contributed by atoms with E-state index in [1.165, 1.54) is 12.1 Å². The molecule has 0 spiro atoms. The molecular weight excluding hydrogens is 220 g/mol. The zero-order valence-corrected chi connectivity index (χ0v) is 9.23. The van der Waals surface area contributed by atoms with Crippen molar-refractivity contribution < 1.29 is 19.1 Å². The molecule has 17 heavy (non-hydrogen) atoms. The summed E-state index contributed by atoms with van der Waals surface area (Å²) in [4.78, 5) is 32.7. The van der Waals surface area contributed by atoms with E-state index in [-0.39, 0.29) is 12.2 Å². The van der Waals surface area contributed by atoms with E-state index in [2.05, 4.69) is 16.6 Å². The van der Waals surface area contributed by atoms with E-state index >= 15 is 0 Å². The highest BCUT2D eigenvalue weighted by molar-refractivity contribution is 6.40. The van der Waals surface area contributed by atoms with Gasteiger partial charge in [-0.1, -0.05) is 5.92 Å². The first kappa shape index (κ1) is 12.7. The molecule has 0 atom stereocenters. The quantitative estimate of drug-likeness (QED) is 0.255. The van der Waals surface area contributed by atoms with Crippen molar-refractivity contribution in [1.82, 2.24) is 0 Å². The number of carbonyl (C=O) groups excluding carboxylic acids is 3. The molecule has 0 fully saturated rings. The zero-order valence-electron chi connectivity index (χ0n) is 9.23. The summed E-state index contributed by atoms with van der Waals surface area (Å²) in [7, 11) is 0. The summed E-state index contributed by atoms with van der Waals surface area (Å²) in [6.07, 6.45) is 0.484. The molecule has 0 heterocycles. The van der Waals surface area contributed by atoms with E-state index in [1.54, 1.807) is 19.1 Å². The second-order valence-corrected chi connectivity index (χ2v) is 3.01. The number of ketones is 1. The Bertz CT molecular complexity index is 488. The molecule has 1 aromatic rings.